The number of carbonyl (C=O) groups excluding carboxylic acids is 1. The maximum atomic E-state index is 13.8. The largest absolute Gasteiger partial charge is 0.504 e. The van der Waals surface area contributed by atoms with Crippen LogP contribution < -0.4 is 16.2 Å². The van der Waals surface area contributed by atoms with E-state index in [1.165, 1.54) is 20.1 Å². The van der Waals surface area contributed by atoms with Crippen LogP contribution in [0.4, 0.5) is 0 Å². The SMILES string of the molecule is COC(NC(C)=O)C(O)C1(C)CCC(C(C)C)C1c1cc(C2(O)Cc3cc(=O)c(O)c(C)c4c3C(O2)C(O)C2(C)CCC(C(C)C)C42)cc(=O)c(O)c1C. The zero-order chi connectivity index (χ0) is 40.0. The molecule has 2 saturated carbocycles. The molecule has 4 aliphatic rings. The molecule has 0 spiro atoms. The molecule has 11 heteroatoms. The van der Waals surface area contributed by atoms with E-state index in [1.54, 1.807) is 19.9 Å². The molecule has 1 amide bonds. The lowest BCUT2D eigenvalue weighted by Gasteiger charge is -2.52. The van der Waals surface area contributed by atoms with Crippen molar-refractivity contribution in [1.82, 2.24) is 5.32 Å². The summed E-state index contributed by atoms with van der Waals surface area (Å²) >= 11 is 0. The molecular formula is C43H59NO10. The third-order valence-electron chi connectivity index (χ3n) is 14.2. The van der Waals surface area contributed by atoms with E-state index in [0.29, 0.717) is 41.5 Å². The summed E-state index contributed by atoms with van der Waals surface area (Å²) in [5.41, 5.74) is 0.0460. The van der Waals surface area contributed by atoms with Crippen molar-refractivity contribution in [2.45, 2.75) is 137 Å². The second-order valence-electron chi connectivity index (χ2n) is 18.0. The van der Waals surface area contributed by atoms with E-state index >= 15 is 0 Å². The van der Waals surface area contributed by atoms with Crippen molar-refractivity contribution in [3.8, 4) is 11.5 Å². The molecule has 11 unspecified atom stereocenters. The summed E-state index contributed by atoms with van der Waals surface area (Å²) < 4.78 is 12.3. The molecule has 0 radical (unpaired) electrons. The lowest BCUT2D eigenvalue weighted by Crippen LogP contribution is -2.52. The zero-order valence-electron chi connectivity index (χ0n) is 33.3. The van der Waals surface area contributed by atoms with Crippen LogP contribution in [0.5, 0.6) is 11.5 Å². The molecule has 296 valence electrons. The quantitative estimate of drug-likeness (QED) is 0.200. The molecule has 1 aliphatic heterocycles. The molecule has 2 aromatic rings. The minimum Gasteiger partial charge on any atom is -0.504 e. The molecule has 54 heavy (non-hydrogen) atoms. The van der Waals surface area contributed by atoms with E-state index < -0.39 is 63.7 Å². The first-order chi connectivity index (χ1) is 25.1. The van der Waals surface area contributed by atoms with Gasteiger partial charge in [0.05, 0.1) is 6.10 Å². The van der Waals surface area contributed by atoms with Gasteiger partial charge in [-0.3, -0.25) is 14.4 Å². The summed E-state index contributed by atoms with van der Waals surface area (Å²) in [6.45, 7) is 17.1. The van der Waals surface area contributed by atoms with Gasteiger partial charge in [0.25, 0.3) is 0 Å². The Morgan fingerprint density at radius 3 is 2.07 bits per heavy atom. The molecule has 0 saturated heterocycles. The van der Waals surface area contributed by atoms with Crippen molar-refractivity contribution in [1.29, 1.82) is 0 Å². The van der Waals surface area contributed by atoms with Crippen molar-refractivity contribution in [2.75, 3.05) is 7.11 Å². The monoisotopic (exact) mass is 749 g/mol. The van der Waals surface area contributed by atoms with Crippen LogP contribution in [0.1, 0.15) is 131 Å². The highest BCUT2D eigenvalue weighted by Gasteiger charge is 2.61. The summed E-state index contributed by atoms with van der Waals surface area (Å²) in [5.74, 6) is -3.69. The average Bonchev–Trinajstić information content (AvgIpc) is 3.60. The molecular weight excluding hydrogens is 690 g/mol. The minimum absolute atomic E-state index is 0.0281. The van der Waals surface area contributed by atoms with Gasteiger partial charge in [0, 0.05) is 36.8 Å². The first-order valence-electron chi connectivity index (χ1n) is 19.5. The molecule has 1 heterocycles. The Morgan fingerprint density at radius 1 is 0.907 bits per heavy atom. The van der Waals surface area contributed by atoms with E-state index in [1.807, 2.05) is 13.8 Å². The number of carbonyl (C=O) groups is 1. The van der Waals surface area contributed by atoms with E-state index in [4.69, 9.17) is 9.47 Å². The van der Waals surface area contributed by atoms with Crippen molar-refractivity contribution in [3.05, 3.63) is 77.6 Å². The fraction of sp³-hybridized carbons (Fsp3) is 0.651. The minimum atomic E-state index is -2.25. The topological polar surface area (TPSA) is 183 Å². The third-order valence-corrected chi connectivity index (χ3v) is 14.2. The Hall–Kier alpha value is -3.35. The van der Waals surface area contributed by atoms with E-state index in [-0.39, 0.29) is 58.8 Å². The number of aromatic hydroxyl groups is 2. The maximum absolute atomic E-state index is 13.8. The molecule has 6 rings (SSSR count). The van der Waals surface area contributed by atoms with Crippen LogP contribution in [-0.4, -0.2) is 57.0 Å². The number of hydrogen-bond acceptors (Lipinski definition) is 10. The van der Waals surface area contributed by atoms with E-state index in [0.717, 1.165) is 18.1 Å². The Morgan fingerprint density at radius 2 is 1.48 bits per heavy atom. The Balaban J connectivity index is 1.59. The predicted molar refractivity (Wildman–Crippen MR) is 203 cm³/mol. The molecule has 2 fully saturated rings. The highest BCUT2D eigenvalue weighted by molar-refractivity contribution is 5.73. The van der Waals surface area contributed by atoms with Gasteiger partial charge in [-0.1, -0.05) is 41.5 Å². The van der Waals surface area contributed by atoms with Gasteiger partial charge in [0.1, 0.15) is 12.2 Å². The molecule has 3 aliphatic carbocycles. The first-order valence-corrected chi connectivity index (χ1v) is 19.5. The molecule has 2 aromatic carbocycles. The summed E-state index contributed by atoms with van der Waals surface area (Å²) in [4.78, 5) is 39.4. The Kier molecular flexibility index (Phi) is 10.4. The summed E-state index contributed by atoms with van der Waals surface area (Å²) in [5, 5.41) is 62.4. The van der Waals surface area contributed by atoms with Gasteiger partial charge in [-0.2, -0.15) is 0 Å². The molecule has 0 aromatic heterocycles. The molecule has 6 N–H and O–H groups in total. The van der Waals surface area contributed by atoms with Crippen LogP contribution in [0.25, 0.3) is 0 Å². The molecule has 11 atom stereocenters. The number of ether oxygens (including phenoxy) is 2. The maximum Gasteiger partial charge on any atom is 0.220 e. The third kappa shape index (κ3) is 6.09. The smallest absolute Gasteiger partial charge is 0.220 e. The summed E-state index contributed by atoms with van der Waals surface area (Å²) in [7, 11) is 1.41. The Bertz CT molecular complexity index is 1960. The van der Waals surface area contributed by atoms with Crippen molar-refractivity contribution < 1.29 is 39.8 Å². The molecule has 0 bridgehead atoms. The van der Waals surface area contributed by atoms with Gasteiger partial charge >= 0.3 is 0 Å². The second-order valence-corrected chi connectivity index (χ2v) is 18.0. The lowest BCUT2D eigenvalue weighted by molar-refractivity contribution is -0.279. The number of fused-ring (bicyclic) bond motifs is 2. The van der Waals surface area contributed by atoms with Gasteiger partial charge in [0.15, 0.2) is 23.5 Å². The van der Waals surface area contributed by atoms with Crippen LogP contribution in [-0.2, 0) is 26.5 Å². The van der Waals surface area contributed by atoms with Crippen molar-refractivity contribution >= 4 is 5.91 Å². The normalized spacial score (nSPS) is 34.1. The van der Waals surface area contributed by atoms with Gasteiger partial charge in [-0.25, -0.2) is 0 Å². The highest BCUT2D eigenvalue weighted by atomic mass is 16.6. The number of methoxy groups -OCH3 is 1. The number of hydrogen-bond donors (Lipinski definition) is 6. The van der Waals surface area contributed by atoms with E-state index in [2.05, 4.69) is 33.0 Å². The standard InChI is InChI=1S/C43H59NO10/c1-19(2)26-11-13-41(8,39(51)40(53-10)44-23(7)45)33(26)28-16-25(17-30(47)35(48)21(28)5)43(52)18-24-15-29(46)36(49)22(6)31-32(24)37(54-43)38(50)42(9)14-12-27(20(3)4)34(31)42/h15-17,19-20,26-27,33-34,37-40,50-52H,11-14,18H2,1-10H3,(H,44,45)(H,46,49)(H,47,48). The van der Waals surface area contributed by atoms with Crippen molar-refractivity contribution in [2.24, 2.45) is 34.5 Å². The number of rotatable bonds is 8. The highest BCUT2D eigenvalue weighted by Crippen LogP contribution is 2.65. The summed E-state index contributed by atoms with van der Waals surface area (Å²) in [6.07, 6.45) is -1.98. The molecule has 11 nitrogen and oxygen atoms in total. The van der Waals surface area contributed by atoms with Crippen LogP contribution in [0.3, 0.4) is 0 Å². The first kappa shape index (κ1) is 40.3. The second kappa shape index (κ2) is 14.0. The Labute approximate surface area is 317 Å². The van der Waals surface area contributed by atoms with E-state index in [9.17, 15) is 39.9 Å². The van der Waals surface area contributed by atoms with Crippen molar-refractivity contribution in [3.63, 3.8) is 0 Å². The van der Waals surface area contributed by atoms with Crippen LogP contribution in [0.15, 0.2) is 27.8 Å². The number of amides is 1. The average molecular weight is 750 g/mol. The van der Waals surface area contributed by atoms with Gasteiger partial charge in [-0.15, -0.1) is 0 Å². The number of aliphatic hydroxyl groups is 3. The lowest BCUT2D eigenvalue weighted by atomic mass is 9.59. The van der Waals surface area contributed by atoms with Gasteiger partial charge < -0.3 is 40.3 Å². The predicted octanol–water partition coefficient (Wildman–Crippen LogP) is 5.05. The fourth-order valence-electron chi connectivity index (χ4n) is 11.2. The zero-order valence-corrected chi connectivity index (χ0v) is 33.3. The van der Waals surface area contributed by atoms with Gasteiger partial charge in [-0.05, 0) is 127 Å². The fourth-order valence-corrected chi connectivity index (χ4v) is 11.2. The van der Waals surface area contributed by atoms with Crippen LogP contribution >= 0.6 is 0 Å². The summed E-state index contributed by atoms with van der Waals surface area (Å²) in [6, 6.07) is 4.12. The van der Waals surface area contributed by atoms with Crippen LogP contribution in [0, 0.1) is 48.3 Å². The van der Waals surface area contributed by atoms with Gasteiger partial charge in [0.2, 0.25) is 16.8 Å². The number of nitrogens with one attached hydrogen (secondary N) is 1. The number of aliphatic hydroxyl groups excluding tert-OH is 2. The van der Waals surface area contributed by atoms with Crippen LogP contribution in [0.2, 0.25) is 0 Å².